The number of carboxylic acids is 1. The van der Waals surface area contributed by atoms with Crippen LogP contribution in [0.5, 0.6) is 0 Å². The number of rotatable bonds is 5. The maximum Gasteiger partial charge on any atom is 0.332 e. The van der Waals surface area contributed by atoms with Crippen LogP contribution in [0, 0.1) is 5.41 Å². The lowest BCUT2D eigenvalue weighted by molar-refractivity contribution is -0.154. The third-order valence-corrected chi connectivity index (χ3v) is 2.99. The van der Waals surface area contributed by atoms with E-state index in [0.29, 0.717) is 13.0 Å². The first kappa shape index (κ1) is 12.9. The Balaban J connectivity index is 2.45. The molecule has 1 aliphatic rings. The van der Waals surface area contributed by atoms with Gasteiger partial charge in [-0.05, 0) is 25.8 Å². The van der Waals surface area contributed by atoms with Crippen LogP contribution < -0.4 is 10.8 Å². The van der Waals surface area contributed by atoms with E-state index in [-0.39, 0.29) is 5.91 Å². The second-order valence-corrected chi connectivity index (χ2v) is 4.03. The SMILES string of the molecule is CCC1(C(=O)NOCC(=O)O)CCCNC1. The van der Waals surface area contributed by atoms with E-state index in [4.69, 9.17) is 5.11 Å². The van der Waals surface area contributed by atoms with Gasteiger partial charge in [-0.1, -0.05) is 6.92 Å². The van der Waals surface area contributed by atoms with E-state index in [9.17, 15) is 9.59 Å². The Morgan fingerprint density at radius 3 is 2.81 bits per heavy atom. The van der Waals surface area contributed by atoms with Gasteiger partial charge in [-0.25, -0.2) is 10.3 Å². The van der Waals surface area contributed by atoms with E-state index in [2.05, 4.69) is 15.6 Å². The van der Waals surface area contributed by atoms with Crippen molar-refractivity contribution in [3.63, 3.8) is 0 Å². The summed E-state index contributed by atoms with van der Waals surface area (Å²) in [5, 5.41) is 11.5. The maximum absolute atomic E-state index is 11.9. The third-order valence-electron chi connectivity index (χ3n) is 2.99. The van der Waals surface area contributed by atoms with Crippen molar-refractivity contribution >= 4 is 11.9 Å². The molecule has 1 unspecified atom stereocenters. The first-order valence-electron chi connectivity index (χ1n) is 5.45. The van der Waals surface area contributed by atoms with E-state index >= 15 is 0 Å². The minimum absolute atomic E-state index is 0.233. The first-order chi connectivity index (χ1) is 7.60. The Hall–Kier alpha value is -1.14. The fourth-order valence-electron chi connectivity index (χ4n) is 1.90. The van der Waals surface area contributed by atoms with Gasteiger partial charge in [0.25, 0.3) is 5.91 Å². The number of aliphatic carboxylic acids is 1. The highest BCUT2D eigenvalue weighted by Gasteiger charge is 2.38. The summed E-state index contributed by atoms with van der Waals surface area (Å²) in [6.07, 6.45) is 2.46. The number of nitrogens with one attached hydrogen (secondary N) is 2. The zero-order valence-corrected chi connectivity index (χ0v) is 9.41. The van der Waals surface area contributed by atoms with E-state index in [1.165, 1.54) is 0 Å². The lowest BCUT2D eigenvalue weighted by Gasteiger charge is -2.34. The second-order valence-electron chi connectivity index (χ2n) is 4.03. The topological polar surface area (TPSA) is 87.7 Å². The number of hydrogen-bond acceptors (Lipinski definition) is 4. The zero-order chi connectivity index (χ0) is 12.0. The Bertz CT molecular complexity index is 262. The van der Waals surface area contributed by atoms with Gasteiger partial charge in [-0.15, -0.1) is 0 Å². The van der Waals surface area contributed by atoms with Crippen LogP contribution in [0.2, 0.25) is 0 Å². The van der Waals surface area contributed by atoms with Gasteiger partial charge in [-0.2, -0.15) is 0 Å². The molecule has 0 saturated carbocycles. The standard InChI is InChI=1S/C10H18N2O4/c1-2-10(4-3-5-11-7-10)9(15)12-16-6-8(13)14/h11H,2-7H2,1H3,(H,12,15)(H,13,14). The molecular weight excluding hydrogens is 212 g/mol. The highest BCUT2D eigenvalue weighted by Crippen LogP contribution is 2.30. The molecule has 1 aliphatic heterocycles. The average molecular weight is 230 g/mol. The van der Waals surface area contributed by atoms with Crippen molar-refractivity contribution in [1.82, 2.24) is 10.8 Å². The van der Waals surface area contributed by atoms with Crippen LogP contribution in [0.4, 0.5) is 0 Å². The van der Waals surface area contributed by atoms with Gasteiger partial charge >= 0.3 is 5.97 Å². The van der Waals surface area contributed by atoms with Crippen molar-refractivity contribution in [2.45, 2.75) is 26.2 Å². The molecule has 1 fully saturated rings. The number of carboxylic acid groups (broad SMARTS) is 1. The van der Waals surface area contributed by atoms with Crippen molar-refractivity contribution in [1.29, 1.82) is 0 Å². The molecule has 3 N–H and O–H groups in total. The molecule has 1 atom stereocenters. The summed E-state index contributed by atoms with van der Waals surface area (Å²) in [6.45, 7) is 2.97. The second kappa shape index (κ2) is 5.81. The van der Waals surface area contributed by atoms with Gasteiger partial charge in [-0.3, -0.25) is 9.63 Å². The van der Waals surface area contributed by atoms with Gasteiger partial charge < -0.3 is 10.4 Å². The van der Waals surface area contributed by atoms with Crippen LogP contribution in [0.25, 0.3) is 0 Å². The molecule has 6 nitrogen and oxygen atoms in total. The van der Waals surface area contributed by atoms with Gasteiger partial charge in [0.2, 0.25) is 0 Å². The third kappa shape index (κ3) is 3.18. The normalized spacial score (nSPS) is 25.1. The fourth-order valence-corrected chi connectivity index (χ4v) is 1.90. The lowest BCUT2D eigenvalue weighted by atomic mass is 9.78. The highest BCUT2D eigenvalue weighted by molar-refractivity contribution is 5.82. The number of hydrogen-bond donors (Lipinski definition) is 3. The largest absolute Gasteiger partial charge is 0.479 e. The minimum Gasteiger partial charge on any atom is -0.479 e. The monoisotopic (exact) mass is 230 g/mol. The molecule has 6 heteroatoms. The van der Waals surface area contributed by atoms with Crippen LogP contribution in [-0.4, -0.2) is 36.7 Å². The number of amides is 1. The quantitative estimate of drug-likeness (QED) is 0.574. The minimum atomic E-state index is -1.10. The Morgan fingerprint density at radius 2 is 2.31 bits per heavy atom. The first-order valence-corrected chi connectivity index (χ1v) is 5.45. The highest BCUT2D eigenvalue weighted by atomic mass is 16.7. The molecule has 0 aromatic rings. The van der Waals surface area contributed by atoms with Crippen molar-refractivity contribution < 1.29 is 19.5 Å². The van der Waals surface area contributed by atoms with Crippen molar-refractivity contribution in [2.75, 3.05) is 19.7 Å². The molecule has 1 amide bonds. The Kier molecular flexibility index (Phi) is 4.70. The molecule has 1 heterocycles. The number of carbonyl (C=O) groups is 2. The summed E-state index contributed by atoms with van der Waals surface area (Å²) in [6, 6.07) is 0. The van der Waals surface area contributed by atoms with Gasteiger partial charge in [0, 0.05) is 6.54 Å². The summed E-state index contributed by atoms with van der Waals surface area (Å²) >= 11 is 0. The smallest absolute Gasteiger partial charge is 0.332 e. The van der Waals surface area contributed by atoms with Crippen LogP contribution in [-0.2, 0) is 14.4 Å². The van der Waals surface area contributed by atoms with Crippen LogP contribution in [0.3, 0.4) is 0 Å². The molecule has 0 aromatic heterocycles. The van der Waals surface area contributed by atoms with Gasteiger partial charge in [0.1, 0.15) is 0 Å². The molecule has 16 heavy (non-hydrogen) atoms. The Morgan fingerprint density at radius 1 is 1.56 bits per heavy atom. The number of hydroxylamine groups is 1. The number of carbonyl (C=O) groups excluding carboxylic acids is 1. The van der Waals surface area contributed by atoms with Crippen LogP contribution >= 0.6 is 0 Å². The van der Waals surface area contributed by atoms with Crippen LogP contribution in [0.15, 0.2) is 0 Å². The zero-order valence-electron chi connectivity index (χ0n) is 9.41. The maximum atomic E-state index is 11.9. The van der Waals surface area contributed by atoms with E-state index in [1.807, 2.05) is 6.92 Å². The molecule has 1 saturated heterocycles. The van der Waals surface area contributed by atoms with Crippen molar-refractivity contribution in [3.05, 3.63) is 0 Å². The molecule has 0 aliphatic carbocycles. The summed E-state index contributed by atoms with van der Waals surface area (Å²) in [4.78, 5) is 26.7. The summed E-state index contributed by atoms with van der Waals surface area (Å²) in [5.41, 5.74) is 1.75. The molecule has 0 spiro atoms. The summed E-state index contributed by atoms with van der Waals surface area (Å²) in [5.74, 6) is -1.34. The van der Waals surface area contributed by atoms with Crippen LogP contribution in [0.1, 0.15) is 26.2 Å². The van der Waals surface area contributed by atoms with Crippen molar-refractivity contribution in [2.24, 2.45) is 5.41 Å². The summed E-state index contributed by atoms with van der Waals surface area (Å²) < 4.78 is 0. The Labute approximate surface area is 94.3 Å². The van der Waals surface area contributed by atoms with E-state index in [0.717, 1.165) is 19.4 Å². The lowest BCUT2D eigenvalue weighted by Crippen LogP contribution is -2.50. The van der Waals surface area contributed by atoms with Gasteiger partial charge in [0.05, 0.1) is 5.41 Å². The molecule has 0 aromatic carbocycles. The molecular formula is C10H18N2O4. The predicted molar refractivity (Wildman–Crippen MR) is 56.6 cm³/mol. The van der Waals surface area contributed by atoms with Crippen molar-refractivity contribution in [3.8, 4) is 0 Å². The molecule has 1 rings (SSSR count). The predicted octanol–water partition coefficient (Wildman–Crippen LogP) is -0.101. The summed E-state index contributed by atoms with van der Waals surface area (Å²) in [7, 11) is 0. The average Bonchev–Trinajstić information content (AvgIpc) is 2.29. The molecule has 0 radical (unpaired) electrons. The van der Waals surface area contributed by atoms with E-state index < -0.39 is 18.0 Å². The number of piperidine rings is 1. The van der Waals surface area contributed by atoms with E-state index in [1.54, 1.807) is 0 Å². The molecule has 92 valence electrons. The molecule has 0 bridgehead atoms. The van der Waals surface area contributed by atoms with Gasteiger partial charge in [0.15, 0.2) is 6.61 Å². The fraction of sp³-hybridized carbons (Fsp3) is 0.800.